The van der Waals surface area contributed by atoms with Gasteiger partial charge in [0.25, 0.3) is 5.91 Å². The summed E-state index contributed by atoms with van der Waals surface area (Å²) in [4.78, 5) is 28.6. The van der Waals surface area contributed by atoms with Gasteiger partial charge in [-0.3, -0.25) is 4.79 Å². The molecule has 31 heavy (non-hydrogen) atoms. The van der Waals surface area contributed by atoms with Crippen LogP contribution in [0.15, 0.2) is 46.3 Å². The maximum Gasteiger partial charge on any atom is 0.344 e. The molecule has 0 unspecified atom stereocenters. The van der Waals surface area contributed by atoms with Gasteiger partial charge in [-0.15, -0.1) is 0 Å². The molecule has 1 saturated heterocycles. The number of aliphatic imine (C=N–C) groups is 1. The largest absolute Gasteiger partial charge is 0.493 e. The minimum absolute atomic E-state index is 0.227. The van der Waals surface area contributed by atoms with Crippen LogP contribution < -0.4 is 14.8 Å². The van der Waals surface area contributed by atoms with Gasteiger partial charge in [0.1, 0.15) is 0 Å². The second-order valence-electron chi connectivity index (χ2n) is 6.06. The number of amidine groups is 1. The van der Waals surface area contributed by atoms with Gasteiger partial charge in [0, 0.05) is 0 Å². The molecule has 10 heteroatoms. The van der Waals surface area contributed by atoms with Crippen molar-refractivity contribution >= 4 is 63.8 Å². The molecule has 0 radical (unpaired) electrons. The van der Waals surface area contributed by atoms with E-state index in [-0.39, 0.29) is 19.1 Å². The van der Waals surface area contributed by atoms with Crippen molar-refractivity contribution in [3.8, 4) is 11.5 Å². The lowest BCUT2D eigenvalue weighted by Gasteiger charge is -2.11. The fraction of sp³-hybridized carbons (Fsp3) is 0.190. The zero-order valence-electron chi connectivity index (χ0n) is 16.6. The van der Waals surface area contributed by atoms with Gasteiger partial charge in [-0.2, -0.15) is 0 Å². The molecule has 0 aromatic heterocycles. The number of hydrogen-bond acceptors (Lipinski definition) is 7. The van der Waals surface area contributed by atoms with Crippen molar-refractivity contribution in [2.75, 3.05) is 20.3 Å². The van der Waals surface area contributed by atoms with E-state index in [2.05, 4.69) is 10.3 Å². The van der Waals surface area contributed by atoms with Gasteiger partial charge in [-0.05, 0) is 54.6 Å². The first kappa shape index (κ1) is 23.0. The van der Waals surface area contributed by atoms with Crippen LogP contribution in [-0.4, -0.2) is 37.4 Å². The number of carbonyl (C=O) groups is 2. The van der Waals surface area contributed by atoms with Crippen molar-refractivity contribution in [2.24, 2.45) is 4.99 Å². The molecule has 1 heterocycles. The predicted molar refractivity (Wildman–Crippen MR) is 122 cm³/mol. The quantitative estimate of drug-likeness (QED) is 0.450. The van der Waals surface area contributed by atoms with Crippen molar-refractivity contribution in [3.05, 3.63) is 56.9 Å². The van der Waals surface area contributed by atoms with Crippen molar-refractivity contribution in [2.45, 2.75) is 6.92 Å². The van der Waals surface area contributed by atoms with Crippen molar-refractivity contribution in [1.82, 2.24) is 5.32 Å². The number of amides is 1. The van der Waals surface area contributed by atoms with Crippen LogP contribution in [0.25, 0.3) is 6.08 Å². The van der Waals surface area contributed by atoms with E-state index in [1.165, 1.54) is 18.9 Å². The lowest BCUT2D eigenvalue weighted by molar-refractivity contribution is -0.145. The molecule has 0 bridgehead atoms. The van der Waals surface area contributed by atoms with Crippen LogP contribution >= 0.6 is 35.0 Å². The molecular weight excluding hydrogens is 463 g/mol. The monoisotopic (exact) mass is 480 g/mol. The van der Waals surface area contributed by atoms with Crippen LogP contribution in [0.5, 0.6) is 11.5 Å². The summed E-state index contributed by atoms with van der Waals surface area (Å²) in [7, 11) is 1.49. The van der Waals surface area contributed by atoms with Crippen LogP contribution in [0.3, 0.4) is 0 Å². The number of esters is 1. The Kier molecular flexibility index (Phi) is 7.84. The molecule has 1 aliphatic rings. The summed E-state index contributed by atoms with van der Waals surface area (Å²) in [5, 5.41) is 3.78. The van der Waals surface area contributed by atoms with Crippen molar-refractivity contribution in [1.29, 1.82) is 0 Å². The van der Waals surface area contributed by atoms with Crippen LogP contribution in [0, 0.1) is 0 Å². The van der Waals surface area contributed by atoms with E-state index in [0.717, 1.165) is 0 Å². The lowest BCUT2D eigenvalue weighted by atomic mass is 10.2. The number of nitrogens with zero attached hydrogens (tertiary/aromatic N) is 1. The Bertz CT molecular complexity index is 1070. The fourth-order valence-corrected chi connectivity index (χ4v) is 3.73. The molecule has 3 rings (SSSR count). The number of ether oxygens (including phenoxy) is 3. The highest BCUT2D eigenvalue weighted by atomic mass is 35.5. The van der Waals surface area contributed by atoms with Gasteiger partial charge >= 0.3 is 5.97 Å². The SMILES string of the molecule is CCOC(=O)COc1ccc(C=C2SC(=Nc3cccc(Cl)c3Cl)NC2=O)cc1OC. The average molecular weight is 481 g/mol. The maximum atomic E-state index is 12.3. The number of thioether (sulfide) groups is 1. The van der Waals surface area contributed by atoms with E-state index in [1.807, 2.05) is 0 Å². The first-order valence-corrected chi connectivity index (χ1v) is 10.7. The van der Waals surface area contributed by atoms with E-state index >= 15 is 0 Å². The van der Waals surface area contributed by atoms with Gasteiger partial charge < -0.3 is 19.5 Å². The van der Waals surface area contributed by atoms with Crippen LogP contribution in [-0.2, 0) is 14.3 Å². The third-order valence-corrected chi connectivity index (χ3v) is 5.66. The number of rotatable bonds is 7. The molecule has 0 aliphatic carbocycles. The Hall–Kier alpha value is -2.68. The second kappa shape index (κ2) is 10.6. The molecule has 162 valence electrons. The summed E-state index contributed by atoms with van der Waals surface area (Å²) in [6.07, 6.45) is 1.69. The number of hydrogen-bond donors (Lipinski definition) is 1. The summed E-state index contributed by atoms with van der Waals surface area (Å²) in [5.41, 5.74) is 1.17. The minimum atomic E-state index is -0.471. The van der Waals surface area contributed by atoms with Crippen LogP contribution in [0.2, 0.25) is 10.0 Å². The standard InChI is InChI=1S/C21H18Cl2N2O5S/c1-3-29-18(26)11-30-15-8-7-12(9-16(15)28-2)10-17-20(27)25-21(31-17)24-14-6-4-5-13(22)19(14)23/h4-10H,3,11H2,1-2H3,(H,24,25,27). The Morgan fingerprint density at radius 1 is 1.23 bits per heavy atom. The molecule has 2 aromatic carbocycles. The van der Waals surface area contributed by atoms with Crippen LogP contribution in [0.4, 0.5) is 5.69 Å². The normalized spacial score (nSPS) is 15.8. The van der Waals surface area contributed by atoms with Crippen LogP contribution in [0.1, 0.15) is 12.5 Å². The second-order valence-corrected chi connectivity index (χ2v) is 7.87. The first-order chi connectivity index (χ1) is 14.9. The molecule has 0 spiro atoms. The molecule has 0 saturated carbocycles. The number of benzene rings is 2. The van der Waals surface area contributed by atoms with Gasteiger partial charge in [-0.25, -0.2) is 9.79 Å². The maximum absolute atomic E-state index is 12.3. The Morgan fingerprint density at radius 3 is 2.77 bits per heavy atom. The highest BCUT2D eigenvalue weighted by Gasteiger charge is 2.24. The topological polar surface area (TPSA) is 86.2 Å². The summed E-state index contributed by atoms with van der Waals surface area (Å²) in [6, 6.07) is 10.2. The number of methoxy groups -OCH3 is 1. The van der Waals surface area contributed by atoms with Gasteiger partial charge in [0.05, 0.1) is 34.4 Å². The molecule has 2 aromatic rings. The molecular formula is C21H18Cl2N2O5S. The number of carbonyl (C=O) groups excluding carboxylic acids is 2. The van der Waals surface area contributed by atoms with E-state index < -0.39 is 5.97 Å². The van der Waals surface area contributed by atoms with E-state index in [1.54, 1.807) is 49.4 Å². The lowest BCUT2D eigenvalue weighted by Crippen LogP contribution is -2.19. The number of nitrogens with one attached hydrogen (secondary N) is 1. The zero-order chi connectivity index (χ0) is 22.4. The minimum Gasteiger partial charge on any atom is -0.493 e. The van der Waals surface area contributed by atoms with Gasteiger partial charge in [0.15, 0.2) is 23.3 Å². The molecule has 7 nitrogen and oxygen atoms in total. The Balaban J connectivity index is 1.76. The van der Waals surface area contributed by atoms with E-state index in [9.17, 15) is 9.59 Å². The molecule has 1 amide bonds. The molecule has 1 N–H and O–H groups in total. The molecule has 1 fully saturated rings. The summed E-state index contributed by atoms with van der Waals surface area (Å²) >= 11 is 13.3. The highest BCUT2D eigenvalue weighted by molar-refractivity contribution is 8.18. The van der Waals surface area contributed by atoms with Gasteiger partial charge in [0.2, 0.25) is 0 Å². The molecule has 1 aliphatic heterocycles. The Labute approximate surface area is 193 Å². The van der Waals surface area contributed by atoms with E-state index in [4.69, 9.17) is 37.4 Å². The predicted octanol–water partition coefficient (Wildman–Crippen LogP) is 4.84. The van der Waals surface area contributed by atoms with Crippen molar-refractivity contribution in [3.63, 3.8) is 0 Å². The number of halogens is 2. The summed E-state index contributed by atoms with van der Waals surface area (Å²) in [5.74, 6) is 0.0469. The first-order valence-electron chi connectivity index (χ1n) is 9.11. The average Bonchev–Trinajstić information content (AvgIpc) is 3.09. The van der Waals surface area contributed by atoms with E-state index in [0.29, 0.717) is 42.9 Å². The Morgan fingerprint density at radius 2 is 2.03 bits per heavy atom. The third kappa shape index (κ3) is 5.94. The highest BCUT2D eigenvalue weighted by Crippen LogP contribution is 2.35. The summed E-state index contributed by atoms with van der Waals surface area (Å²) in [6.45, 7) is 1.77. The fourth-order valence-electron chi connectivity index (χ4n) is 2.55. The zero-order valence-corrected chi connectivity index (χ0v) is 18.9. The third-order valence-electron chi connectivity index (χ3n) is 3.94. The smallest absolute Gasteiger partial charge is 0.344 e. The van der Waals surface area contributed by atoms with Crippen molar-refractivity contribution < 1.29 is 23.8 Å². The van der Waals surface area contributed by atoms with Gasteiger partial charge in [-0.1, -0.05) is 35.3 Å². The molecule has 0 atom stereocenters. The summed E-state index contributed by atoms with van der Waals surface area (Å²) < 4.78 is 15.6.